The van der Waals surface area contributed by atoms with Crippen molar-refractivity contribution in [1.29, 1.82) is 0 Å². The highest BCUT2D eigenvalue weighted by atomic mass is 32.2. The monoisotopic (exact) mass is 287 g/mol. The predicted molar refractivity (Wildman–Crippen MR) is 82.8 cm³/mol. The summed E-state index contributed by atoms with van der Waals surface area (Å²) in [5.41, 5.74) is -0.644. The van der Waals surface area contributed by atoms with Crippen molar-refractivity contribution in [2.45, 2.75) is 58.4 Å². The molecule has 0 aromatic rings. The van der Waals surface area contributed by atoms with Crippen LogP contribution in [0, 0.1) is 11.8 Å². The molecule has 0 heterocycles. The maximum atomic E-state index is 11.7. The lowest BCUT2D eigenvalue weighted by atomic mass is 9.85. The van der Waals surface area contributed by atoms with Crippen molar-refractivity contribution >= 4 is 17.7 Å². The molecule has 112 valence electrons. The van der Waals surface area contributed by atoms with E-state index in [9.17, 15) is 9.90 Å². The molecule has 0 aliphatic heterocycles. The van der Waals surface area contributed by atoms with Gasteiger partial charge in [0.2, 0.25) is 0 Å². The number of thioether (sulfide) groups is 1. The summed E-state index contributed by atoms with van der Waals surface area (Å²) < 4.78 is 0. The molecule has 19 heavy (non-hydrogen) atoms. The van der Waals surface area contributed by atoms with Crippen molar-refractivity contribution in [3.8, 4) is 0 Å². The van der Waals surface area contributed by atoms with Gasteiger partial charge in [0.1, 0.15) is 5.54 Å². The van der Waals surface area contributed by atoms with E-state index in [1.165, 1.54) is 5.75 Å². The molecule has 0 saturated heterocycles. The normalized spacial score (nSPS) is 27.1. The number of rotatable bonds is 9. The van der Waals surface area contributed by atoms with Crippen LogP contribution >= 0.6 is 11.8 Å². The second-order valence-electron chi connectivity index (χ2n) is 6.05. The van der Waals surface area contributed by atoms with Gasteiger partial charge in [0.25, 0.3) is 0 Å². The second-order valence-corrected chi connectivity index (χ2v) is 7.20. The van der Waals surface area contributed by atoms with Crippen molar-refractivity contribution < 1.29 is 9.90 Å². The Balaban J connectivity index is 2.51. The first kappa shape index (κ1) is 16.8. The Hall–Kier alpha value is -0.220. The van der Waals surface area contributed by atoms with E-state index >= 15 is 0 Å². The zero-order valence-electron chi connectivity index (χ0n) is 12.6. The molecule has 0 aromatic carbocycles. The van der Waals surface area contributed by atoms with Gasteiger partial charge in [-0.3, -0.25) is 4.79 Å². The van der Waals surface area contributed by atoms with Crippen molar-refractivity contribution in [3.63, 3.8) is 0 Å². The lowest BCUT2D eigenvalue weighted by Gasteiger charge is -2.32. The van der Waals surface area contributed by atoms with E-state index < -0.39 is 11.5 Å². The molecule has 2 unspecified atom stereocenters. The smallest absolute Gasteiger partial charge is 0.324 e. The summed E-state index contributed by atoms with van der Waals surface area (Å²) in [6.45, 7) is 7.35. The van der Waals surface area contributed by atoms with E-state index in [4.69, 9.17) is 0 Å². The average molecular weight is 287 g/mol. The molecule has 0 bridgehead atoms. The highest BCUT2D eigenvalue weighted by molar-refractivity contribution is 7.99. The van der Waals surface area contributed by atoms with E-state index in [0.29, 0.717) is 5.92 Å². The molecule has 1 aliphatic carbocycles. The third kappa shape index (κ3) is 4.67. The minimum absolute atomic E-state index is 0.302. The van der Waals surface area contributed by atoms with Crippen LogP contribution in [0.15, 0.2) is 0 Å². The molecule has 1 saturated carbocycles. The molecule has 1 rings (SSSR count). The number of carboxylic acids is 1. The van der Waals surface area contributed by atoms with Crippen LogP contribution in [0.3, 0.4) is 0 Å². The summed E-state index contributed by atoms with van der Waals surface area (Å²) in [6.07, 6.45) is 4.92. The zero-order valence-corrected chi connectivity index (χ0v) is 13.4. The molecule has 4 heteroatoms. The summed E-state index contributed by atoms with van der Waals surface area (Å²) >= 11 is 1.96. The first-order valence-corrected chi connectivity index (χ1v) is 8.74. The summed E-state index contributed by atoms with van der Waals surface area (Å²) in [7, 11) is 0. The van der Waals surface area contributed by atoms with Gasteiger partial charge in [0, 0.05) is 0 Å². The molecule has 1 aliphatic rings. The van der Waals surface area contributed by atoms with Gasteiger partial charge < -0.3 is 10.4 Å². The topological polar surface area (TPSA) is 49.3 Å². The average Bonchev–Trinajstić information content (AvgIpc) is 2.76. The van der Waals surface area contributed by atoms with Gasteiger partial charge in [-0.2, -0.15) is 11.8 Å². The second kappa shape index (κ2) is 8.15. The van der Waals surface area contributed by atoms with E-state index in [-0.39, 0.29) is 0 Å². The van der Waals surface area contributed by atoms with Crippen LogP contribution in [0.2, 0.25) is 0 Å². The minimum atomic E-state index is -0.644. The van der Waals surface area contributed by atoms with Crippen LogP contribution in [0.25, 0.3) is 0 Å². The highest BCUT2D eigenvalue weighted by Gasteiger charge is 2.48. The third-order valence-corrected chi connectivity index (χ3v) is 5.38. The fraction of sp³-hybridized carbons (Fsp3) is 0.933. The van der Waals surface area contributed by atoms with Crippen molar-refractivity contribution in [3.05, 3.63) is 0 Å². The lowest BCUT2D eigenvalue weighted by Crippen LogP contribution is -2.55. The number of hydrogen-bond donors (Lipinski definition) is 2. The highest BCUT2D eigenvalue weighted by Crippen LogP contribution is 2.39. The summed E-state index contributed by atoms with van der Waals surface area (Å²) in [6, 6.07) is 0. The number of aliphatic carboxylic acids is 1. The molecule has 0 aromatic heterocycles. The van der Waals surface area contributed by atoms with Crippen molar-refractivity contribution in [1.82, 2.24) is 5.32 Å². The molecule has 0 amide bonds. The van der Waals surface area contributed by atoms with Crippen molar-refractivity contribution in [2.24, 2.45) is 11.8 Å². The molecule has 2 N–H and O–H groups in total. The molecular formula is C15H29NO2S. The van der Waals surface area contributed by atoms with Gasteiger partial charge in [0.15, 0.2) is 0 Å². The van der Waals surface area contributed by atoms with Crippen LogP contribution in [-0.4, -0.2) is 34.7 Å². The fourth-order valence-corrected chi connectivity index (χ4v) is 4.04. The standard InChI is InChI=1S/C15H29NO2S/c1-4-9-16-15(14(17)18)8-5-6-13(15)7-10-19-11-12(2)3/h12-13,16H,4-11H2,1-3H3,(H,17,18). The van der Waals surface area contributed by atoms with Crippen LogP contribution < -0.4 is 5.32 Å². The van der Waals surface area contributed by atoms with Gasteiger partial charge in [0.05, 0.1) is 0 Å². The van der Waals surface area contributed by atoms with Crippen LogP contribution in [0.5, 0.6) is 0 Å². The van der Waals surface area contributed by atoms with Crippen LogP contribution in [0.1, 0.15) is 52.9 Å². The minimum Gasteiger partial charge on any atom is -0.480 e. The van der Waals surface area contributed by atoms with E-state index in [0.717, 1.165) is 50.3 Å². The Kier molecular flexibility index (Phi) is 7.22. The van der Waals surface area contributed by atoms with Crippen LogP contribution in [0.4, 0.5) is 0 Å². The molecule has 2 atom stereocenters. The molecule has 1 fully saturated rings. The maximum absolute atomic E-state index is 11.7. The summed E-state index contributed by atoms with van der Waals surface area (Å²) in [5.74, 6) is 2.64. The first-order chi connectivity index (χ1) is 9.03. The van der Waals surface area contributed by atoms with Crippen molar-refractivity contribution in [2.75, 3.05) is 18.1 Å². The maximum Gasteiger partial charge on any atom is 0.324 e. The van der Waals surface area contributed by atoms with Gasteiger partial charge in [-0.25, -0.2) is 0 Å². The van der Waals surface area contributed by atoms with Crippen LogP contribution in [-0.2, 0) is 4.79 Å². The van der Waals surface area contributed by atoms with E-state index in [2.05, 4.69) is 26.1 Å². The molecule has 0 radical (unpaired) electrons. The molecule has 3 nitrogen and oxygen atoms in total. The molecular weight excluding hydrogens is 258 g/mol. The summed E-state index contributed by atoms with van der Waals surface area (Å²) in [5, 5.41) is 13.0. The van der Waals surface area contributed by atoms with Gasteiger partial charge in [-0.05, 0) is 55.6 Å². The Morgan fingerprint density at radius 2 is 2.26 bits per heavy atom. The first-order valence-electron chi connectivity index (χ1n) is 7.59. The van der Waals surface area contributed by atoms with E-state index in [1.54, 1.807) is 0 Å². The SMILES string of the molecule is CCCNC1(C(=O)O)CCCC1CCSCC(C)C. The Labute approximate surface area is 121 Å². The van der Waals surface area contributed by atoms with Gasteiger partial charge in [-0.1, -0.05) is 27.2 Å². The Morgan fingerprint density at radius 3 is 2.84 bits per heavy atom. The molecule has 0 spiro atoms. The van der Waals surface area contributed by atoms with E-state index in [1.807, 2.05) is 11.8 Å². The lowest BCUT2D eigenvalue weighted by molar-refractivity contribution is -0.146. The largest absolute Gasteiger partial charge is 0.480 e. The number of hydrogen-bond acceptors (Lipinski definition) is 3. The number of carboxylic acid groups (broad SMARTS) is 1. The Bertz CT molecular complexity index is 283. The predicted octanol–water partition coefficient (Wildman–Crippen LogP) is 3.39. The Morgan fingerprint density at radius 1 is 1.53 bits per heavy atom. The fourth-order valence-electron chi connectivity index (χ4n) is 2.95. The summed E-state index contributed by atoms with van der Waals surface area (Å²) in [4.78, 5) is 11.7. The number of nitrogens with one attached hydrogen (secondary N) is 1. The van der Waals surface area contributed by atoms with Gasteiger partial charge >= 0.3 is 5.97 Å². The third-order valence-electron chi connectivity index (χ3n) is 3.95. The number of carbonyl (C=O) groups is 1. The quantitative estimate of drug-likeness (QED) is 0.638. The zero-order chi connectivity index (χ0) is 14.3. The van der Waals surface area contributed by atoms with Gasteiger partial charge in [-0.15, -0.1) is 0 Å².